The molecule has 0 saturated heterocycles. The van der Waals surface area contributed by atoms with Gasteiger partial charge in [-0.05, 0) is 23.2 Å². The second-order valence-corrected chi connectivity index (χ2v) is 7.40. The minimum atomic E-state index is -0.855. The number of hydrogen-bond acceptors (Lipinski definition) is 2. The molecule has 1 unspecified atom stereocenters. The largest absolute Gasteiger partial charge is 0.481 e. The fourth-order valence-corrected chi connectivity index (χ4v) is 2.80. The van der Waals surface area contributed by atoms with Gasteiger partial charge in [-0.25, -0.2) is 4.79 Å². The summed E-state index contributed by atoms with van der Waals surface area (Å²) in [6.45, 7) is 12.6. The van der Waals surface area contributed by atoms with Gasteiger partial charge >= 0.3 is 12.0 Å². The van der Waals surface area contributed by atoms with Gasteiger partial charge in [0.05, 0.1) is 5.92 Å². The van der Waals surface area contributed by atoms with E-state index in [1.807, 2.05) is 13.8 Å². The lowest BCUT2D eigenvalue weighted by atomic mass is 9.97. The lowest BCUT2D eigenvalue weighted by Gasteiger charge is -2.16. The van der Waals surface area contributed by atoms with Crippen LogP contribution in [0.25, 0.3) is 0 Å². The van der Waals surface area contributed by atoms with E-state index in [4.69, 9.17) is 5.11 Å². The first-order valence-corrected chi connectivity index (χ1v) is 7.27. The number of urea groups is 1. The molecule has 1 aliphatic carbocycles. The summed E-state index contributed by atoms with van der Waals surface area (Å²) in [6, 6.07) is -0.146. The smallest absolute Gasteiger partial charge is 0.315 e. The molecule has 0 spiro atoms. The summed E-state index contributed by atoms with van der Waals surface area (Å²) in [5, 5.41) is 14.7. The maximum Gasteiger partial charge on any atom is 0.315 e. The quantitative estimate of drug-likeness (QED) is 0.701. The zero-order valence-electron chi connectivity index (χ0n) is 13.4. The van der Waals surface area contributed by atoms with Crippen LogP contribution in [0.15, 0.2) is 0 Å². The van der Waals surface area contributed by atoms with E-state index >= 15 is 0 Å². The number of carbonyl (C=O) groups is 2. The lowest BCUT2D eigenvalue weighted by Crippen LogP contribution is -2.42. The summed E-state index contributed by atoms with van der Waals surface area (Å²) in [6.07, 6.45) is 0.566. The minimum absolute atomic E-state index is 0.0778. The number of hydrogen-bond donors (Lipinski definition) is 3. The predicted molar refractivity (Wildman–Crippen MR) is 78.5 cm³/mol. The maximum atomic E-state index is 11.9. The van der Waals surface area contributed by atoms with E-state index in [-0.39, 0.29) is 29.4 Å². The highest BCUT2D eigenvalue weighted by Crippen LogP contribution is 2.62. The Labute approximate surface area is 121 Å². The Morgan fingerprint density at radius 2 is 1.65 bits per heavy atom. The predicted octanol–water partition coefficient (Wildman–Crippen LogP) is 2.47. The third-order valence-corrected chi connectivity index (χ3v) is 4.91. The van der Waals surface area contributed by atoms with Gasteiger partial charge in [-0.3, -0.25) is 4.79 Å². The second-order valence-electron chi connectivity index (χ2n) is 7.40. The Balaban J connectivity index is 2.42. The summed E-state index contributed by atoms with van der Waals surface area (Å²) < 4.78 is 0. The summed E-state index contributed by atoms with van der Waals surface area (Å²) in [7, 11) is 0. The topological polar surface area (TPSA) is 78.4 Å². The molecule has 0 aromatic rings. The molecule has 1 aliphatic rings. The highest BCUT2D eigenvalue weighted by atomic mass is 16.4. The van der Waals surface area contributed by atoms with E-state index in [1.54, 1.807) is 0 Å². The van der Waals surface area contributed by atoms with Crippen molar-refractivity contribution in [1.82, 2.24) is 10.6 Å². The Kier molecular flexibility index (Phi) is 4.72. The standard InChI is InChI=1S/C15H28N2O3/c1-9(2)7-10(11(18)19)8-16-13(20)17-12-14(3,4)15(12,5)6/h9-10,12H,7-8H2,1-6H3,(H,18,19)(H2,16,17,20). The monoisotopic (exact) mass is 284 g/mol. The molecule has 3 N–H and O–H groups in total. The van der Waals surface area contributed by atoms with E-state index < -0.39 is 11.9 Å². The second kappa shape index (κ2) is 5.62. The number of aliphatic carboxylic acids is 1. The molecule has 0 radical (unpaired) electrons. The first-order chi connectivity index (χ1) is 9.00. The van der Waals surface area contributed by atoms with E-state index in [1.165, 1.54) is 0 Å². The van der Waals surface area contributed by atoms with Crippen LogP contribution in [0.2, 0.25) is 0 Å². The summed E-state index contributed by atoms with van der Waals surface area (Å²) in [5.74, 6) is -1.09. The van der Waals surface area contributed by atoms with Crippen molar-refractivity contribution in [3.8, 4) is 0 Å². The Morgan fingerprint density at radius 1 is 1.15 bits per heavy atom. The van der Waals surface area contributed by atoms with Gasteiger partial charge < -0.3 is 15.7 Å². The van der Waals surface area contributed by atoms with E-state index in [0.717, 1.165) is 0 Å². The van der Waals surface area contributed by atoms with Crippen LogP contribution in [0.1, 0.15) is 48.0 Å². The first-order valence-electron chi connectivity index (χ1n) is 7.27. The molecular weight excluding hydrogens is 256 g/mol. The zero-order valence-corrected chi connectivity index (χ0v) is 13.4. The molecule has 0 heterocycles. The van der Waals surface area contributed by atoms with Gasteiger partial charge in [0.1, 0.15) is 0 Å². The molecule has 1 saturated carbocycles. The van der Waals surface area contributed by atoms with Gasteiger partial charge in [0, 0.05) is 12.6 Å². The average Bonchev–Trinajstić information content (AvgIpc) is 2.66. The van der Waals surface area contributed by atoms with Crippen LogP contribution in [0, 0.1) is 22.7 Å². The van der Waals surface area contributed by atoms with Crippen molar-refractivity contribution in [2.75, 3.05) is 6.54 Å². The van der Waals surface area contributed by atoms with Crippen LogP contribution in [-0.2, 0) is 4.79 Å². The molecule has 2 amide bonds. The minimum Gasteiger partial charge on any atom is -0.481 e. The van der Waals surface area contributed by atoms with Gasteiger partial charge in [-0.2, -0.15) is 0 Å². The normalized spacial score (nSPS) is 21.4. The Bertz CT molecular complexity index is 375. The fraction of sp³-hybridized carbons (Fsp3) is 0.867. The molecule has 1 fully saturated rings. The van der Waals surface area contributed by atoms with Crippen LogP contribution in [0.5, 0.6) is 0 Å². The van der Waals surface area contributed by atoms with Gasteiger partial charge in [0.25, 0.3) is 0 Å². The molecule has 0 aliphatic heterocycles. The van der Waals surface area contributed by atoms with E-state index in [9.17, 15) is 9.59 Å². The summed E-state index contributed by atoms with van der Waals surface area (Å²) >= 11 is 0. The molecule has 20 heavy (non-hydrogen) atoms. The van der Waals surface area contributed by atoms with Crippen LogP contribution in [0.4, 0.5) is 4.79 Å². The first kappa shape index (κ1) is 16.8. The Hall–Kier alpha value is -1.26. The number of carboxylic acid groups (broad SMARTS) is 1. The number of amides is 2. The van der Waals surface area contributed by atoms with Crippen molar-refractivity contribution in [2.24, 2.45) is 22.7 Å². The van der Waals surface area contributed by atoms with Gasteiger partial charge in [0.2, 0.25) is 0 Å². The van der Waals surface area contributed by atoms with Crippen molar-refractivity contribution in [1.29, 1.82) is 0 Å². The molecule has 116 valence electrons. The molecule has 1 rings (SSSR count). The molecule has 0 aromatic heterocycles. The maximum absolute atomic E-state index is 11.9. The number of rotatable bonds is 6. The van der Waals surface area contributed by atoms with E-state index in [2.05, 4.69) is 38.3 Å². The molecule has 5 heteroatoms. The van der Waals surface area contributed by atoms with Crippen molar-refractivity contribution < 1.29 is 14.7 Å². The van der Waals surface area contributed by atoms with Crippen LogP contribution >= 0.6 is 0 Å². The van der Waals surface area contributed by atoms with Crippen LogP contribution in [0.3, 0.4) is 0 Å². The number of nitrogens with one attached hydrogen (secondary N) is 2. The van der Waals surface area contributed by atoms with Crippen molar-refractivity contribution >= 4 is 12.0 Å². The van der Waals surface area contributed by atoms with Crippen LogP contribution in [-0.4, -0.2) is 29.7 Å². The highest BCUT2D eigenvalue weighted by Gasteiger charge is 2.65. The SMILES string of the molecule is CC(C)CC(CNC(=O)NC1C(C)(C)C1(C)C)C(=O)O. The summed E-state index contributed by atoms with van der Waals surface area (Å²) in [4.78, 5) is 23.0. The lowest BCUT2D eigenvalue weighted by molar-refractivity contribution is -0.142. The molecule has 0 aromatic carbocycles. The van der Waals surface area contributed by atoms with Crippen molar-refractivity contribution in [2.45, 2.75) is 54.0 Å². The Morgan fingerprint density at radius 3 is 2.00 bits per heavy atom. The summed E-state index contributed by atoms with van der Waals surface area (Å²) in [5.41, 5.74) is 0.156. The third kappa shape index (κ3) is 3.44. The molecule has 5 nitrogen and oxygen atoms in total. The fourth-order valence-electron chi connectivity index (χ4n) is 2.80. The van der Waals surface area contributed by atoms with Gasteiger partial charge in [0.15, 0.2) is 0 Å². The number of carbonyl (C=O) groups excluding carboxylic acids is 1. The number of carboxylic acids is 1. The molecular formula is C15H28N2O3. The molecule has 0 bridgehead atoms. The van der Waals surface area contributed by atoms with Crippen molar-refractivity contribution in [3.63, 3.8) is 0 Å². The van der Waals surface area contributed by atoms with Gasteiger partial charge in [-0.1, -0.05) is 41.5 Å². The average molecular weight is 284 g/mol. The van der Waals surface area contributed by atoms with Crippen molar-refractivity contribution in [3.05, 3.63) is 0 Å². The third-order valence-electron chi connectivity index (χ3n) is 4.91. The van der Waals surface area contributed by atoms with Crippen LogP contribution < -0.4 is 10.6 Å². The van der Waals surface area contributed by atoms with E-state index in [0.29, 0.717) is 12.3 Å². The highest BCUT2D eigenvalue weighted by molar-refractivity contribution is 5.76. The zero-order chi connectivity index (χ0) is 15.7. The van der Waals surface area contributed by atoms with Gasteiger partial charge in [-0.15, -0.1) is 0 Å². The molecule has 1 atom stereocenters.